The number of carbonyl (C=O) groups is 4. The summed E-state index contributed by atoms with van der Waals surface area (Å²) < 4.78 is 0. The van der Waals surface area contributed by atoms with Gasteiger partial charge in [-0.15, -0.1) is 0 Å². The van der Waals surface area contributed by atoms with E-state index in [9.17, 15) is 19.2 Å². The zero-order chi connectivity index (χ0) is 21.3. The van der Waals surface area contributed by atoms with E-state index in [1.54, 1.807) is 6.07 Å². The van der Waals surface area contributed by atoms with Gasteiger partial charge in [-0.2, -0.15) is 0 Å². The van der Waals surface area contributed by atoms with Gasteiger partial charge < -0.3 is 10.2 Å². The van der Waals surface area contributed by atoms with Gasteiger partial charge in [0.15, 0.2) is 0 Å². The lowest BCUT2D eigenvalue weighted by Crippen LogP contribution is -2.52. The van der Waals surface area contributed by atoms with Crippen LogP contribution >= 0.6 is 0 Å². The van der Waals surface area contributed by atoms with E-state index in [4.69, 9.17) is 0 Å². The van der Waals surface area contributed by atoms with Crippen LogP contribution in [0.4, 0.5) is 0 Å². The zero-order valence-corrected chi connectivity index (χ0v) is 16.7. The first-order valence-electron chi connectivity index (χ1n) is 9.99. The number of benzene rings is 2. The highest BCUT2D eigenvalue weighted by atomic mass is 16.2. The number of amides is 4. The number of carbonyl (C=O) groups excluding carboxylic acids is 4. The number of rotatable bonds is 5. The number of nitrogens with one attached hydrogen (secondary N) is 2. The molecule has 1 fully saturated rings. The second kappa shape index (κ2) is 8.10. The highest BCUT2D eigenvalue weighted by Crippen LogP contribution is 2.28. The van der Waals surface area contributed by atoms with Crippen molar-refractivity contribution >= 4 is 23.6 Å². The summed E-state index contributed by atoms with van der Waals surface area (Å²) in [7, 11) is 0. The Bertz CT molecular complexity index is 1050. The molecule has 1 atom stereocenters. The molecule has 2 aliphatic heterocycles. The number of piperidine rings is 1. The predicted octanol–water partition coefficient (Wildman–Crippen LogP) is 1.61. The second-order valence-corrected chi connectivity index (χ2v) is 7.83. The number of aryl methyl sites for hydroxylation is 1. The van der Waals surface area contributed by atoms with Gasteiger partial charge in [0.1, 0.15) is 6.04 Å². The van der Waals surface area contributed by atoms with E-state index >= 15 is 0 Å². The van der Waals surface area contributed by atoms with Gasteiger partial charge in [-0.3, -0.25) is 24.5 Å². The van der Waals surface area contributed by atoms with E-state index < -0.39 is 11.9 Å². The average Bonchev–Trinajstić information content (AvgIpc) is 3.02. The van der Waals surface area contributed by atoms with Crippen molar-refractivity contribution < 1.29 is 19.2 Å². The first kappa shape index (κ1) is 19.8. The smallest absolute Gasteiger partial charge is 0.255 e. The molecule has 1 saturated heterocycles. The molecular weight excluding hydrogens is 382 g/mol. The van der Waals surface area contributed by atoms with Crippen LogP contribution in [-0.2, 0) is 33.9 Å². The number of hydrogen-bond donors (Lipinski definition) is 2. The molecule has 0 saturated carbocycles. The van der Waals surface area contributed by atoms with Crippen molar-refractivity contribution in [2.24, 2.45) is 0 Å². The van der Waals surface area contributed by atoms with Crippen LogP contribution in [0.2, 0.25) is 0 Å². The molecule has 0 radical (unpaired) electrons. The standard InChI is InChI=1S/C23H23N3O4/c1-14-3-2-4-15(9-14)11-21(28)24-12-16-5-6-18-17(10-16)13-26(23(18)30)19-7-8-20(27)25-22(19)29/h2-6,9-10,19H,7-8,11-13H2,1H3,(H,24,28)(H,25,27,29). The molecule has 30 heavy (non-hydrogen) atoms. The van der Waals surface area contributed by atoms with E-state index in [1.807, 2.05) is 43.3 Å². The molecule has 0 aliphatic carbocycles. The number of nitrogens with zero attached hydrogens (tertiary/aromatic N) is 1. The minimum absolute atomic E-state index is 0.0673. The highest BCUT2D eigenvalue weighted by Gasteiger charge is 2.39. The summed E-state index contributed by atoms with van der Waals surface area (Å²) in [6, 6.07) is 12.7. The molecule has 0 aromatic heterocycles. The summed E-state index contributed by atoms with van der Waals surface area (Å²) in [5, 5.41) is 5.22. The number of hydrogen-bond acceptors (Lipinski definition) is 4. The summed E-state index contributed by atoms with van der Waals surface area (Å²) in [5.74, 6) is -0.989. The molecular formula is C23H23N3O4. The Labute approximate surface area is 174 Å². The lowest BCUT2D eigenvalue weighted by Gasteiger charge is -2.29. The fourth-order valence-corrected chi connectivity index (χ4v) is 4.01. The third-order valence-corrected chi connectivity index (χ3v) is 5.52. The summed E-state index contributed by atoms with van der Waals surface area (Å²) in [6.45, 7) is 2.68. The second-order valence-electron chi connectivity index (χ2n) is 7.83. The minimum atomic E-state index is -0.625. The van der Waals surface area contributed by atoms with E-state index in [0.29, 0.717) is 31.5 Å². The fourth-order valence-electron chi connectivity index (χ4n) is 4.01. The molecule has 4 amide bonds. The van der Waals surface area contributed by atoms with Crippen LogP contribution in [0, 0.1) is 6.92 Å². The Balaban J connectivity index is 1.38. The van der Waals surface area contributed by atoms with Crippen LogP contribution in [0.15, 0.2) is 42.5 Å². The topological polar surface area (TPSA) is 95.6 Å². The Kier molecular flexibility index (Phi) is 5.35. The van der Waals surface area contributed by atoms with Gasteiger partial charge in [0.05, 0.1) is 6.42 Å². The SMILES string of the molecule is Cc1cccc(CC(=O)NCc2ccc3c(c2)CN(C2CCC(=O)NC2=O)C3=O)c1. The lowest BCUT2D eigenvalue weighted by atomic mass is 10.0. The molecule has 0 bridgehead atoms. The van der Waals surface area contributed by atoms with Crippen molar-refractivity contribution in [3.05, 3.63) is 70.3 Å². The molecule has 7 heteroatoms. The molecule has 2 aromatic rings. The molecule has 0 spiro atoms. The van der Waals surface area contributed by atoms with Crippen molar-refractivity contribution in [1.29, 1.82) is 0 Å². The minimum Gasteiger partial charge on any atom is -0.352 e. The maximum atomic E-state index is 12.7. The fraction of sp³-hybridized carbons (Fsp3) is 0.304. The van der Waals surface area contributed by atoms with Gasteiger partial charge in [-0.1, -0.05) is 42.0 Å². The summed E-state index contributed by atoms with van der Waals surface area (Å²) >= 11 is 0. The Morgan fingerprint density at radius 1 is 1.13 bits per heavy atom. The third-order valence-electron chi connectivity index (χ3n) is 5.52. The van der Waals surface area contributed by atoms with Gasteiger partial charge in [-0.05, 0) is 36.1 Å². The molecule has 4 rings (SSSR count). The zero-order valence-electron chi connectivity index (χ0n) is 16.7. The largest absolute Gasteiger partial charge is 0.352 e. The molecule has 2 aliphatic rings. The summed E-state index contributed by atoms with van der Waals surface area (Å²) in [4.78, 5) is 50.0. The van der Waals surface area contributed by atoms with Crippen molar-refractivity contribution in [3.63, 3.8) is 0 Å². The first-order valence-corrected chi connectivity index (χ1v) is 9.99. The average molecular weight is 405 g/mol. The predicted molar refractivity (Wildman–Crippen MR) is 109 cm³/mol. The molecule has 7 nitrogen and oxygen atoms in total. The van der Waals surface area contributed by atoms with Crippen LogP contribution in [-0.4, -0.2) is 34.6 Å². The third kappa shape index (κ3) is 4.10. The maximum absolute atomic E-state index is 12.7. The maximum Gasteiger partial charge on any atom is 0.255 e. The van der Waals surface area contributed by atoms with Gasteiger partial charge in [0, 0.05) is 25.1 Å². The number of fused-ring (bicyclic) bond motifs is 1. The molecule has 154 valence electrons. The molecule has 2 heterocycles. The summed E-state index contributed by atoms with van der Waals surface area (Å²) in [6.07, 6.45) is 0.884. The van der Waals surface area contributed by atoms with E-state index in [0.717, 1.165) is 22.3 Å². The van der Waals surface area contributed by atoms with Gasteiger partial charge in [-0.25, -0.2) is 0 Å². The van der Waals surface area contributed by atoms with Crippen molar-refractivity contribution in [2.75, 3.05) is 0 Å². The van der Waals surface area contributed by atoms with Crippen LogP contribution in [0.3, 0.4) is 0 Å². The highest BCUT2D eigenvalue weighted by molar-refractivity contribution is 6.05. The quantitative estimate of drug-likeness (QED) is 0.739. The normalized spacial score (nSPS) is 18.2. The number of imide groups is 1. The first-order chi connectivity index (χ1) is 14.4. The van der Waals surface area contributed by atoms with E-state index in [-0.39, 0.29) is 24.1 Å². The van der Waals surface area contributed by atoms with E-state index in [2.05, 4.69) is 10.6 Å². The molecule has 2 aromatic carbocycles. The summed E-state index contributed by atoms with van der Waals surface area (Å²) in [5.41, 5.74) is 4.37. The van der Waals surface area contributed by atoms with Crippen LogP contribution in [0.1, 0.15) is 45.5 Å². The van der Waals surface area contributed by atoms with Crippen LogP contribution in [0.5, 0.6) is 0 Å². The molecule has 1 unspecified atom stereocenters. The van der Waals surface area contributed by atoms with Gasteiger partial charge in [0.25, 0.3) is 5.91 Å². The monoisotopic (exact) mass is 405 g/mol. The lowest BCUT2D eigenvalue weighted by molar-refractivity contribution is -0.137. The van der Waals surface area contributed by atoms with E-state index in [1.165, 1.54) is 4.90 Å². The van der Waals surface area contributed by atoms with Crippen LogP contribution < -0.4 is 10.6 Å². The van der Waals surface area contributed by atoms with Crippen molar-refractivity contribution in [3.8, 4) is 0 Å². The van der Waals surface area contributed by atoms with Gasteiger partial charge in [0.2, 0.25) is 17.7 Å². The van der Waals surface area contributed by atoms with Crippen molar-refractivity contribution in [2.45, 2.75) is 45.3 Å². The van der Waals surface area contributed by atoms with Crippen molar-refractivity contribution in [1.82, 2.24) is 15.5 Å². The Morgan fingerprint density at radius 2 is 1.97 bits per heavy atom. The van der Waals surface area contributed by atoms with Crippen LogP contribution in [0.25, 0.3) is 0 Å². The molecule has 2 N–H and O–H groups in total. The van der Waals surface area contributed by atoms with Gasteiger partial charge >= 0.3 is 0 Å². The Morgan fingerprint density at radius 3 is 2.73 bits per heavy atom. The Hall–Kier alpha value is -3.48.